The van der Waals surface area contributed by atoms with Crippen LogP contribution in [-0.2, 0) is 24.0 Å². The summed E-state index contributed by atoms with van der Waals surface area (Å²) in [6, 6.07) is 5.71. The van der Waals surface area contributed by atoms with Gasteiger partial charge in [0.1, 0.15) is 0 Å². The van der Waals surface area contributed by atoms with E-state index in [9.17, 15) is 18.0 Å². The second-order valence-corrected chi connectivity index (χ2v) is 5.41. The van der Waals surface area contributed by atoms with E-state index in [2.05, 4.69) is 10.9 Å². The number of nitrogens with zero attached hydrogens (tertiary/aromatic N) is 1. The summed E-state index contributed by atoms with van der Waals surface area (Å²) in [5, 5.41) is 0.302. The average Bonchev–Trinajstić information content (AvgIpc) is 2.70. The Hall–Kier alpha value is -1.99. The maximum atomic E-state index is 11.9. The molecule has 0 aromatic heterocycles. The molecule has 0 saturated carbocycles. The van der Waals surface area contributed by atoms with Crippen LogP contribution in [0.5, 0.6) is 0 Å². The van der Waals surface area contributed by atoms with Crippen LogP contribution in [0.15, 0.2) is 35.7 Å². The quantitative estimate of drug-likeness (QED) is 0.772. The molecule has 0 unspecified atom stereocenters. The van der Waals surface area contributed by atoms with Crippen molar-refractivity contribution >= 4 is 28.0 Å². The van der Waals surface area contributed by atoms with Crippen molar-refractivity contribution in [1.29, 1.82) is 0 Å². The summed E-state index contributed by atoms with van der Waals surface area (Å²) in [6.45, 7) is 3.55. The second-order valence-electron chi connectivity index (χ2n) is 3.88. The van der Waals surface area contributed by atoms with Gasteiger partial charge in [0.15, 0.2) is 0 Å². The van der Waals surface area contributed by atoms with Gasteiger partial charge in [-0.2, -0.15) is 8.42 Å². The molecule has 0 radical (unpaired) electrons. The monoisotopic (exact) mass is 281 g/mol. The molecule has 0 bridgehead atoms. The molecule has 2 amide bonds. The van der Waals surface area contributed by atoms with E-state index >= 15 is 0 Å². The van der Waals surface area contributed by atoms with Gasteiger partial charge in [-0.3, -0.25) is 9.59 Å². The van der Waals surface area contributed by atoms with Gasteiger partial charge in [0.2, 0.25) is 0 Å². The third-order valence-corrected chi connectivity index (χ3v) is 3.78. The Kier molecular flexibility index (Phi) is 3.50. The maximum absolute atomic E-state index is 11.9. The van der Waals surface area contributed by atoms with E-state index in [1.54, 1.807) is 6.08 Å². The van der Waals surface area contributed by atoms with Gasteiger partial charge in [-0.15, -0.1) is 9.35 Å². The highest BCUT2D eigenvalue weighted by atomic mass is 32.2. The molecule has 1 aromatic carbocycles. The van der Waals surface area contributed by atoms with Crippen LogP contribution in [0.3, 0.4) is 0 Å². The Balaban J connectivity index is 2.24. The molecule has 1 aliphatic heterocycles. The molecule has 0 atom stereocenters. The lowest BCUT2D eigenvalue weighted by Crippen LogP contribution is -2.32. The van der Waals surface area contributed by atoms with Crippen molar-refractivity contribution in [2.45, 2.75) is 17.7 Å². The van der Waals surface area contributed by atoms with Gasteiger partial charge in [-0.25, -0.2) is 0 Å². The number of carbonyl (C=O) groups excluding carboxylic acids is 2. The number of imide groups is 1. The van der Waals surface area contributed by atoms with E-state index in [0.717, 1.165) is 5.56 Å². The highest BCUT2D eigenvalue weighted by Gasteiger charge is 2.34. The highest BCUT2D eigenvalue weighted by molar-refractivity contribution is 7.86. The molecule has 1 saturated heterocycles. The van der Waals surface area contributed by atoms with Crippen LogP contribution in [0.25, 0.3) is 6.08 Å². The first-order valence-electron chi connectivity index (χ1n) is 5.47. The van der Waals surface area contributed by atoms with E-state index in [-0.39, 0.29) is 17.7 Å². The Bertz CT molecular complexity index is 617. The van der Waals surface area contributed by atoms with Crippen LogP contribution < -0.4 is 0 Å². The zero-order chi connectivity index (χ0) is 14.0. The van der Waals surface area contributed by atoms with Crippen LogP contribution in [-0.4, -0.2) is 25.3 Å². The van der Waals surface area contributed by atoms with Gasteiger partial charge < -0.3 is 0 Å². The molecule has 7 heteroatoms. The summed E-state index contributed by atoms with van der Waals surface area (Å²) in [4.78, 5) is 22.5. The number of benzene rings is 1. The number of hydrogen-bond acceptors (Lipinski definition) is 5. The number of carbonyl (C=O) groups is 2. The van der Waals surface area contributed by atoms with Crippen molar-refractivity contribution < 1.29 is 22.3 Å². The van der Waals surface area contributed by atoms with E-state index in [0.29, 0.717) is 5.06 Å². The highest BCUT2D eigenvalue weighted by Crippen LogP contribution is 2.19. The maximum Gasteiger partial charge on any atom is 0.318 e. The summed E-state index contributed by atoms with van der Waals surface area (Å²) in [5.74, 6) is -1.31. The van der Waals surface area contributed by atoms with Crippen LogP contribution in [0.2, 0.25) is 0 Å². The smallest absolute Gasteiger partial charge is 0.272 e. The minimum Gasteiger partial charge on any atom is -0.272 e. The third-order valence-electron chi connectivity index (χ3n) is 2.58. The molecule has 100 valence electrons. The molecule has 1 heterocycles. The Morgan fingerprint density at radius 3 is 2.11 bits per heavy atom. The van der Waals surface area contributed by atoms with Gasteiger partial charge in [0.25, 0.3) is 11.8 Å². The van der Waals surface area contributed by atoms with Crippen LogP contribution in [0, 0.1) is 0 Å². The number of amides is 2. The molecule has 1 aromatic rings. The lowest BCUT2D eigenvalue weighted by atomic mass is 10.2. The fourth-order valence-corrected chi connectivity index (χ4v) is 2.47. The predicted molar refractivity (Wildman–Crippen MR) is 65.9 cm³/mol. The average molecular weight is 281 g/mol. The van der Waals surface area contributed by atoms with Gasteiger partial charge in [-0.05, 0) is 17.7 Å². The summed E-state index contributed by atoms with van der Waals surface area (Å²) in [6.07, 6.45) is 1.48. The molecule has 0 aliphatic carbocycles. The summed E-state index contributed by atoms with van der Waals surface area (Å²) in [5.41, 5.74) is 0.743. The standard InChI is InChI=1S/C12H11NO5S/c1-2-9-3-5-10(6-4-9)19(16,17)18-13-11(14)7-8-12(13)15/h2-6H,1,7-8H2. The van der Waals surface area contributed by atoms with E-state index < -0.39 is 21.9 Å². The third kappa shape index (κ3) is 2.72. The van der Waals surface area contributed by atoms with Gasteiger partial charge in [0.05, 0.1) is 4.90 Å². The first-order valence-corrected chi connectivity index (χ1v) is 6.88. The molecule has 1 aliphatic rings. The van der Waals surface area contributed by atoms with Crippen molar-refractivity contribution in [3.05, 3.63) is 36.4 Å². The molecule has 19 heavy (non-hydrogen) atoms. The van der Waals surface area contributed by atoms with Crippen LogP contribution in [0.1, 0.15) is 18.4 Å². The SMILES string of the molecule is C=Cc1ccc(S(=O)(=O)ON2C(=O)CCC2=O)cc1. The molecule has 2 rings (SSSR count). The second kappa shape index (κ2) is 4.94. The molecular weight excluding hydrogens is 270 g/mol. The van der Waals surface area contributed by atoms with Crippen molar-refractivity contribution in [2.75, 3.05) is 0 Å². The molecule has 0 N–H and O–H groups in total. The first kappa shape index (κ1) is 13.4. The van der Waals surface area contributed by atoms with Crippen molar-refractivity contribution in [3.8, 4) is 0 Å². The Morgan fingerprint density at radius 1 is 1.11 bits per heavy atom. The van der Waals surface area contributed by atoms with Gasteiger partial charge >= 0.3 is 10.1 Å². The number of hydroxylamine groups is 2. The minimum atomic E-state index is -4.18. The van der Waals surface area contributed by atoms with Crippen molar-refractivity contribution in [1.82, 2.24) is 5.06 Å². The normalized spacial score (nSPS) is 15.9. The molecule has 6 nitrogen and oxygen atoms in total. The largest absolute Gasteiger partial charge is 0.318 e. The van der Waals surface area contributed by atoms with Crippen molar-refractivity contribution in [2.24, 2.45) is 0 Å². The molecule has 1 fully saturated rings. The predicted octanol–water partition coefficient (Wildman–Crippen LogP) is 1.10. The zero-order valence-electron chi connectivity index (χ0n) is 9.90. The first-order chi connectivity index (χ1) is 8.94. The lowest BCUT2D eigenvalue weighted by Gasteiger charge is -2.12. The molecular formula is C12H11NO5S. The lowest BCUT2D eigenvalue weighted by molar-refractivity contribution is -0.163. The van der Waals surface area contributed by atoms with Crippen molar-refractivity contribution in [3.63, 3.8) is 0 Å². The van der Waals surface area contributed by atoms with Gasteiger partial charge in [0, 0.05) is 12.8 Å². The van der Waals surface area contributed by atoms with Gasteiger partial charge in [-0.1, -0.05) is 24.8 Å². The molecule has 0 spiro atoms. The Morgan fingerprint density at radius 2 is 1.63 bits per heavy atom. The van der Waals surface area contributed by atoms with Crippen LogP contribution >= 0.6 is 0 Å². The minimum absolute atomic E-state index is 0.0379. The topological polar surface area (TPSA) is 80.8 Å². The fourth-order valence-electron chi connectivity index (χ4n) is 1.55. The fraction of sp³-hybridized carbons (Fsp3) is 0.167. The number of hydrogen-bond donors (Lipinski definition) is 0. The zero-order valence-corrected chi connectivity index (χ0v) is 10.7. The van der Waals surface area contributed by atoms with E-state index in [1.165, 1.54) is 24.3 Å². The van der Waals surface area contributed by atoms with Crippen LogP contribution in [0.4, 0.5) is 0 Å². The Labute approximate surface area is 110 Å². The van der Waals surface area contributed by atoms with E-state index in [4.69, 9.17) is 0 Å². The number of rotatable bonds is 4. The van der Waals surface area contributed by atoms with E-state index in [1.807, 2.05) is 0 Å². The summed E-state index contributed by atoms with van der Waals surface area (Å²) >= 11 is 0. The summed E-state index contributed by atoms with van der Waals surface area (Å²) < 4.78 is 28.3. The summed E-state index contributed by atoms with van der Waals surface area (Å²) in [7, 11) is -4.18.